The highest BCUT2D eigenvalue weighted by Crippen LogP contribution is 2.39. The number of carbonyl (C=O) groups is 4. The van der Waals surface area contributed by atoms with Crippen LogP contribution >= 0.6 is 0 Å². The normalized spacial score (nSPS) is 40.4. The number of Topliss-reactive ketones (excluding diaryl/α,β-unsaturated/α-hetero) is 2. The van der Waals surface area contributed by atoms with Crippen molar-refractivity contribution in [2.75, 3.05) is 20.8 Å². The van der Waals surface area contributed by atoms with Gasteiger partial charge in [0.15, 0.2) is 0 Å². The van der Waals surface area contributed by atoms with E-state index in [1.165, 1.54) is 4.90 Å². The second kappa shape index (κ2) is 19.4. The van der Waals surface area contributed by atoms with Gasteiger partial charge in [-0.3, -0.25) is 14.4 Å². The molecule has 2 saturated heterocycles. The maximum Gasteiger partial charge on any atom is 0.329 e. The first-order chi connectivity index (χ1) is 25.1. The number of allylic oxidation sites excluding steroid dienone is 3. The van der Waals surface area contributed by atoms with Crippen molar-refractivity contribution in [2.45, 2.75) is 167 Å². The van der Waals surface area contributed by atoms with Crippen molar-refractivity contribution in [1.29, 1.82) is 0 Å². The average molecular weight is 746 g/mol. The van der Waals surface area contributed by atoms with Crippen LogP contribution in [-0.2, 0) is 38.1 Å². The Morgan fingerprint density at radius 2 is 1.64 bits per heavy atom. The fraction of sp³-hybridized carbons (Fsp3) is 0.810. The van der Waals surface area contributed by atoms with E-state index in [-0.39, 0.29) is 48.5 Å². The zero-order chi connectivity index (χ0) is 39.0. The number of ketones is 2. The molecule has 1 saturated carbocycles. The van der Waals surface area contributed by atoms with E-state index in [9.17, 15) is 29.4 Å². The number of hydrogen-bond donors (Lipinski definition) is 2. The number of carbonyl (C=O) groups excluding carboxylic acids is 4. The van der Waals surface area contributed by atoms with Gasteiger partial charge < -0.3 is 34.1 Å². The molecule has 3 heterocycles. The van der Waals surface area contributed by atoms with E-state index in [4.69, 9.17) is 18.9 Å². The predicted molar refractivity (Wildman–Crippen MR) is 200 cm³/mol. The largest absolute Gasteiger partial charge is 0.456 e. The fourth-order valence-electron chi connectivity index (χ4n) is 9.12. The standard InChI is InChI=1S/C42H67NO10/c1-9-31-21-25(2)20-26(3)22-35(50-7)38-36(51-8)24-29(6)42(49,53-38)39(46)40(47)43-19-11-10-12-33(43)41(48)52-37(27(4)13-18-34(31)45)28(5)23-30-14-16-32(44)17-15-30/h21,23,26-27,29-33,35-38,44,49H,9-20,22,24H2,1-8H3/b25-21+,28-23+/t26-,27+,29+,30?,31+,32?,33-,35-,36-,37-,38+,42+/m0/s1. The summed E-state index contributed by atoms with van der Waals surface area (Å²) in [5, 5.41) is 22.1. The lowest BCUT2D eigenvalue weighted by Crippen LogP contribution is -2.64. The molecule has 0 unspecified atom stereocenters. The van der Waals surface area contributed by atoms with Crippen LogP contribution in [0.25, 0.3) is 0 Å². The first-order valence-corrected chi connectivity index (χ1v) is 20.2. The lowest BCUT2D eigenvalue weighted by Gasteiger charge is -2.47. The van der Waals surface area contributed by atoms with Gasteiger partial charge in [-0.2, -0.15) is 0 Å². The lowest BCUT2D eigenvalue weighted by atomic mass is 9.82. The van der Waals surface area contributed by atoms with Crippen LogP contribution < -0.4 is 0 Å². The molecular formula is C42H67NO10. The van der Waals surface area contributed by atoms with Crippen LogP contribution in [-0.4, -0.2) is 102 Å². The second-order valence-electron chi connectivity index (χ2n) is 16.7. The molecule has 3 fully saturated rings. The number of aliphatic hydroxyl groups is 2. The predicted octanol–water partition coefficient (Wildman–Crippen LogP) is 5.88. The minimum absolute atomic E-state index is 0.101. The molecule has 300 valence electrons. The Hall–Kier alpha value is -2.44. The summed E-state index contributed by atoms with van der Waals surface area (Å²) in [5.74, 6) is -5.87. The van der Waals surface area contributed by atoms with Gasteiger partial charge in [0.25, 0.3) is 11.7 Å². The van der Waals surface area contributed by atoms with Crippen molar-refractivity contribution in [3.63, 3.8) is 0 Å². The van der Waals surface area contributed by atoms with Gasteiger partial charge in [-0.1, -0.05) is 45.4 Å². The van der Waals surface area contributed by atoms with Gasteiger partial charge in [0, 0.05) is 39.0 Å². The minimum atomic E-state index is -2.45. The number of ether oxygens (including phenoxy) is 4. The molecule has 2 bridgehead atoms. The topological polar surface area (TPSA) is 149 Å². The molecule has 0 aromatic carbocycles. The quantitative estimate of drug-likeness (QED) is 0.199. The number of aliphatic hydroxyl groups excluding tert-OH is 1. The Balaban J connectivity index is 1.73. The first kappa shape index (κ1) is 43.3. The lowest BCUT2D eigenvalue weighted by molar-refractivity contribution is -0.302. The van der Waals surface area contributed by atoms with Gasteiger partial charge in [0.05, 0.1) is 18.3 Å². The molecule has 0 aromatic heterocycles. The van der Waals surface area contributed by atoms with Crippen molar-refractivity contribution in [1.82, 2.24) is 4.90 Å². The summed E-state index contributed by atoms with van der Waals surface area (Å²) in [7, 11) is 3.11. The van der Waals surface area contributed by atoms with E-state index < -0.39 is 59.8 Å². The third kappa shape index (κ3) is 10.7. The number of esters is 1. The SMILES string of the molecule is CC[C@@H]1/C=C(\C)C[C@H](C)C[C@H](OC)[C@H]2O[C@@](O)(C(=O)C(=O)N3CCCC[C@H]3C(=O)O[C@H](/C(C)=C/C3CCC(O)CC3)[C@H](C)CCC1=O)[C@H](C)C[C@@H]2OC. The van der Waals surface area contributed by atoms with Gasteiger partial charge in [-0.25, -0.2) is 4.79 Å². The maximum absolute atomic E-state index is 14.2. The first-order valence-electron chi connectivity index (χ1n) is 20.2. The molecule has 2 N–H and O–H groups in total. The monoisotopic (exact) mass is 745 g/mol. The van der Waals surface area contributed by atoms with Crippen molar-refractivity contribution in [3.05, 3.63) is 23.3 Å². The average Bonchev–Trinajstić information content (AvgIpc) is 3.14. The van der Waals surface area contributed by atoms with E-state index in [0.29, 0.717) is 64.2 Å². The van der Waals surface area contributed by atoms with Gasteiger partial charge in [-0.15, -0.1) is 0 Å². The van der Waals surface area contributed by atoms with E-state index in [0.717, 1.165) is 24.0 Å². The summed E-state index contributed by atoms with van der Waals surface area (Å²) < 4.78 is 24.3. The number of amides is 1. The van der Waals surface area contributed by atoms with Gasteiger partial charge in [0.1, 0.15) is 24.0 Å². The smallest absolute Gasteiger partial charge is 0.329 e. The summed E-state index contributed by atoms with van der Waals surface area (Å²) in [5.41, 5.74) is 1.97. The van der Waals surface area contributed by atoms with Crippen LogP contribution in [0.2, 0.25) is 0 Å². The molecular weight excluding hydrogens is 678 g/mol. The molecule has 1 aliphatic carbocycles. The Labute approximate surface area is 317 Å². The number of nitrogens with zero attached hydrogens (tertiary/aromatic N) is 1. The molecule has 53 heavy (non-hydrogen) atoms. The zero-order valence-corrected chi connectivity index (χ0v) is 33.5. The summed E-state index contributed by atoms with van der Waals surface area (Å²) >= 11 is 0. The molecule has 3 aliphatic heterocycles. The number of rotatable bonds is 5. The Bertz CT molecular complexity index is 1340. The highest BCUT2D eigenvalue weighted by molar-refractivity contribution is 6.39. The van der Waals surface area contributed by atoms with Crippen LogP contribution in [0.15, 0.2) is 23.3 Å². The Morgan fingerprint density at radius 1 is 0.981 bits per heavy atom. The molecule has 1 amide bonds. The van der Waals surface area contributed by atoms with Crippen molar-refractivity contribution < 1.29 is 48.3 Å². The van der Waals surface area contributed by atoms with Gasteiger partial charge in [-0.05, 0) is 114 Å². The van der Waals surface area contributed by atoms with Crippen LogP contribution in [0.5, 0.6) is 0 Å². The second-order valence-corrected chi connectivity index (χ2v) is 16.7. The van der Waals surface area contributed by atoms with Crippen molar-refractivity contribution >= 4 is 23.4 Å². The molecule has 4 rings (SSSR count). The zero-order valence-electron chi connectivity index (χ0n) is 33.5. The minimum Gasteiger partial charge on any atom is -0.456 e. The fourth-order valence-corrected chi connectivity index (χ4v) is 9.12. The summed E-state index contributed by atoms with van der Waals surface area (Å²) in [4.78, 5) is 57.4. The number of piperidine rings is 1. The molecule has 4 aliphatic rings. The van der Waals surface area contributed by atoms with Crippen molar-refractivity contribution in [3.8, 4) is 0 Å². The van der Waals surface area contributed by atoms with Crippen molar-refractivity contribution in [2.24, 2.45) is 29.6 Å². The molecule has 0 radical (unpaired) electrons. The molecule has 10 atom stereocenters. The highest BCUT2D eigenvalue weighted by atomic mass is 16.7. The number of fused-ring (bicyclic) bond motifs is 3. The van der Waals surface area contributed by atoms with E-state index >= 15 is 0 Å². The number of methoxy groups -OCH3 is 2. The maximum atomic E-state index is 14.2. The third-order valence-corrected chi connectivity index (χ3v) is 12.4. The molecule has 11 heteroatoms. The number of hydrogen-bond acceptors (Lipinski definition) is 10. The van der Waals surface area contributed by atoms with E-state index in [1.54, 1.807) is 21.1 Å². The third-order valence-electron chi connectivity index (χ3n) is 12.4. The Kier molecular flexibility index (Phi) is 15.9. The Morgan fingerprint density at radius 3 is 2.28 bits per heavy atom. The van der Waals surface area contributed by atoms with Crippen LogP contribution in [0.4, 0.5) is 0 Å². The summed E-state index contributed by atoms with van der Waals surface area (Å²) in [6, 6.07) is -1.02. The molecule has 11 nitrogen and oxygen atoms in total. The molecule has 0 spiro atoms. The van der Waals surface area contributed by atoms with Gasteiger partial charge in [0.2, 0.25) is 5.79 Å². The summed E-state index contributed by atoms with van der Waals surface area (Å²) in [6.07, 6.45) is 9.05. The van der Waals surface area contributed by atoms with Gasteiger partial charge >= 0.3 is 5.97 Å². The van der Waals surface area contributed by atoms with Crippen LogP contribution in [0.3, 0.4) is 0 Å². The van der Waals surface area contributed by atoms with Crippen LogP contribution in [0.1, 0.15) is 125 Å². The highest BCUT2D eigenvalue weighted by Gasteiger charge is 2.56. The van der Waals surface area contributed by atoms with Crippen LogP contribution in [0, 0.1) is 29.6 Å². The number of cyclic esters (lactones) is 1. The van der Waals surface area contributed by atoms with E-state index in [2.05, 4.69) is 19.1 Å². The molecule has 0 aromatic rings. The summed E-state index contributed by atoms with van der Waals surface area (Å²) in [6.45, 7) is 11.9. The van der Waals surface area contributed by atoms with E-state index in [1.807, 2.05) is 27.7 Å².